The maximum absolute atomic E-state index is 10.00. The van der Waals surface area contributed by atoms with Crippen molar-refractivity contribution in [3.63, 3.8) is 0 Å². The molecule has 4 unspecified atom stereocenters. The van der Waals surface area contributed by atoms with E-state index in [4.69, 9.17) is 0 Å². The maximum Gasteiger partial charge on any atom is 0.123 e. The first-order valence-electron chi connectivity index (χ1n) is 10.3. The third-order valence-electron chi connectivity index (χ3n) is 4.19. The predicted octanol–water partition coefficient (Wildman–Crippen LogP) is 3.90. The predicted molar refractivity (Wildman–Crippen MR) is 118 cm³/mol. The van der Waals surface area contributed by atoms with Crippen LogP contribution in [-0.2, 0) is 0 Å². The lowest BCUT2D eigenvalue weighted by atomic mass is 9.91. The van der Waals surface area contributed by atoms with Gasteiger partial charge in [0.25, 0.3) is 0 Å². The van der Waals surface area contributed by atoms with Gasteiger partial charge in [-0.2, -0.15) is 0 Å². The molecule has 0 radical (unpaired) electrons. The molecule has 0 aromatic carbocycles. The minimum atomic E-state index is -1.00. The Morgan fingerprint density at radius 3 is 0.929 bits per heavy atom. The van der Waals surface area contributed by atoms with E-state index in [0.29, 0.717) is 37.5 Å². The van der Waals surface area contributed by atoms with Gasteiger partial charge in [-0.25, -0.2) is 0 Å². The molecule has 0 rings (SSSR count). The van der Waals surface area contributed by atoms with Crippen molar-refractivity contribution < 1.29 is 20.4 Å². The quantitative estimate of drug-likeness (QED) is 0.513. The molecule has 0 saturated carbocycles. The third kappa shape index (κ3) is 17.1. The van der Waals surface area contributed by atoms with Crippen molar-refractivity contribution >= 4 is 0 Å². The minimum absolute atomic E-state index is 0.388. The van der Waals surface area contributed by atoms with Gasteiger partial charge in [0.1, 0.15) is 22.4 Å². The SMILES string of the molecule is CC(C)CC(C)(O)C#CC(C)(O)CC(C)C.CCC(C)(O)C#CC(C)(O)CC. The second-order valence-corrected chi connectivity index (χ2v) is 9.50. The van der Waals surface area contributed by atoms with Gasteiger partial charge < -0.3 is 20.4 Å². The fourth-order valence-electron chi connectivity index (χ4n) is 2.41. The fourth-order valence-corrected chi connectivity index (χ4v) is 2.41. The number of aliphatic hydroxyl groups is 4. The summed E-state index contributed by atoms with van der Waals surface area (Å²) in [5.74, 6) is 11.7. The van der Waals surface area contributed by atoms with E-state index in [1.165, 1.54) is 0 Å². The van der Waals surface area contributed by atoms with Crippen LogP contribution in [0, 0.1) is 35.5 Å². The molecule has 0 spiro atoms. The van der Waals surface area contributed by atoms with Gasteiger partial charge >= 0.3 is 0 Å². The Bertz CT molecular complexity index is 515. The van der Waals surface area contributed by atoms with Crippen LogP contribution in [0.3, 0.4) is 0 Å². The second-order valence-electron chi connectivity index (χ2n) is 9.50. The molecule has 4 atom stereocenters. The molecule has 0 aromatic rings. The summed E-state index contributed by atoms with van der Waals surface area (Å²) in [6.45, 7) is 18.6. The molecule has 0 heterocycles. The van der Waals surface area contributed by atoms with Crippen LogP contribution in [0.5, 0.6) is 0 Å². The zero-order valence-corrected chi connectivity index (χ0v) is 19.8. The van der Waals surface area contributed by atoms with Gasteiger partial charge in [0.2, 0.25) is 0 Å². The Balaban J connectivity index is 0. The number of hydrogen-bond donors (Lipinski definition) is 4. The Morgan fingerprint density at radius 2 is 0.750 bits per heavy atom. The maximum atomic E-state index is 10.00. The monoisotopic (exact) mass is 396 g/mol. The first-order chi connectivity index (χ1) is 12.4. The highest BCUT2D eigenvalue weighted by molar-refractivity contribution is 5.19. The molecule has 164 valence electrons. The van der Waals surface area contributed by atoms with Gasteiger partial charge in [0.15, 0.2) is 0 Å². The third-order valence-corrected chi connectivity index (χ3v) is 4.19. The molecule has 4 nitrogen and oxygen atoms in total. The van der Waals surface area contributed by atoms with Gasteiger partial charge in [-0.05, 0) is 65.2 Å². The van der Waals surface area contributed by atoms with Crippen LogP contribution < -0.4 is 0 Å². The first-order valence-corrected chi connectivity index (χ1v) is 10.3. The van der Waals surface area contributed by atoms with Crippen molar-refractivity contribution in [2.24, 2.45) is 11.8 Å². The lowest BCUT2D eigenvalue weighted by Gasteiger charge is -2.22. The van der Waals surface area contributed by atoms with E-state index in [2.05, 4.69) is 23.7 Å². The van der Waals surface area contributed by atoms with Crippen molar-refractivity contribution in [3.05, 3.63) is 0 Å². The molecule has 0 aliphatic rings. The van der Waals surface area contributed by atoms with E-state index in [9.17, 15) is 20.4 Å². The molecule has 4 N–H and O–H groups in total. The summed E-state index contributed by atoms with van der Waals surface area (Å²) in [6.07, 6.45) is 2.38. The summed E-state index contributed by atoms with van der Waals surface area (Å²) in [4.78, 5) is 0. The van der Waals surface area contributed by atoms with Gasteiger partial charge in [-0.1, -0.05) is 65.2 Å². The Labute approximate surface area is 173 Å². The summed E-state index contributed by atoms with van der Waals surface area (Å²) in [5.41, 5.74) is -3.96. The van der Waals surface area contributed by atoms with E-state index in [1.54, 1.807) is 27.7 Å². The minimum Gasteiger partial charge on any atom is -0.378 e. The van der Waals surface area contributed by atoms with Gasteiger partial charge in [0, 0.05) is 0 Å². The molecule has 0 aliphatic heterocycles. The Morgan fingerprint density at radius 1 is 0.536 bits per heavy atom. The van der Waals surface area contributed by atoms with E-state index in [-0.39, 0.29) is 0 Å². The van der Waals surface area contributed by atoms with Crippen LogP contribution >= 0.6 is 0 Å². The zero-order valence-electron chi connectivity index (χ0n) is 19.8. The zero-order chi connectivity index (χ0) is 22.8. The van der Waals surface area contributed by atoms with Crippen LogP contribution in [0.25, 0.3) is 0 Å². The molecule has 0 amide bonds. The molecule has 0 aliphatic carbocycles. The van der Waals surface area contributed by atoms with Crippen LogP contribution in [-0.4, -0.2) is 42.8 Å². The summed E-state index contributed by atoms with van der Waals surface area (Å²) < 4.78 is 0. The van der Waals surface area contributed by atoms with Gasteiger partial charge in [0.05, 0.1) is 0 Å². The Hall–Kier alpha value is -1.04. The highest BCUT2D eigenvalue weighted by Gasteiger charge is 2.22. The van der Waals surface area contributed by atoms with Crippen LogP contribution in [0.1, 0.15) is 94.9 Å². The van der Waals surface area contributed by atoms with Crippen LogP contribution in [0.4, 0.5) is 0 Å². The highest BCUT2D eigenvalue weighted by Crippen LogP contribution is 2.18. The average molecular weight is 397 g/mol. The summed E-state index contributed by atoms with van der Waals surface area (Å²) in [5, 5.41) is 39.0. The molecule has 0 saturated heterocycles. The Kier molecular flexibility index (Phi) is 12.3. The lowest BCUT2D eigenvalue weighted by Crippen LogP contribution is -2.28. The summed E-state index contributed by atoms with van der Waals surface area (Å²) in [7, 11) is 0. The summed E-state index contributed by atoms with van der Waals surface area (Å²) >= 11 is 0. The molecule has 4 heteroatoms. The largest absolute Gasteiger partial charge is 0.378 e. The second kappa shape index (κ2) is 11.8. The van der Waals surface area contributed by atoms with Crippen molar-refractivity contribution in [1.82, 2.24) is 0 Å². The van der Waals surface area contributed by atoms with Gasteiger partial charge in [-0.3, -0.25) is 0 Å². The molecular weight excluding hydrogens is 352 g/mol. The standard InChI is InChI=1S/C14H26O2.C10H18O2/c1-11(2)9-13(5,15)7-8-14(6,16)10-12(3)4;1-5-9(3,11)7-8-10(4,12)6-2/h11-12,15-16H,9-10H2,1-6H3;11-12H,5-6H2,1-4H3. The topological polar surface area (TPSA) is 80.9 Å². The molecule has 0 aromatic heterocycles. The lowest BCUT2D eigenvalue weighted by molar-refractivity contribution is 0.0859. The molecular formula is C24H44O4. The van der Waals surface area contributed by atoms with Crippen molar-refractivity contribution in [2.75, 3.05) is 0 Å². The van der Waals surface area contributed by atoms with E-state index in [1.807, 2.05) is 41.5 Å². The van der Waals surface area contributed by atoms with Crippen molar-refractivity contribution in [1.29, 1.82) is 0 Å². The molecule has 0 bridgehead atoms. The van der Waals surface area contributed by atoms with E-state index < -0.39 is 22.4 Å². The van der Waals surface area contributed by atoms with E-state index >= 15 is 0 Å². The smallest absolute Gasteiger partial charge is 0.123 e. The van der Waals surface area contributed by atoms with E-state index in [0.717, 1.165) is 0 Å². The number of hydrogen-bond acceptors (Lipinski definition) is 4. The molecule has 0 fully saturated rings. The van der Waals surface area contributed by atoms with Crippen molar-refractivity contribution in [2.45, 2.75) is 117 Å². The van der Waals surface area contributed by atoms with Crippen LogP contribution in [0.15, 0.2) is 0 Å². The van der Waals surface area contributed by atoms with Crippen molar-refractivity contribution in [3.8, 4) is 23.7 Å². The first kappa shape index (κ1) is 29.2. The van der Waals surface area contributed by atoms with Crippen LogP contribution in [0.2, 0.25) is 0 Å². The molecule has 28 heavy (non-hydrogen) atoms. The average Bonchev–Trinajstić information content (AvgIpc) is 2.50. The number of rotatable bonds is 6. The highest BCUT2D eigenvalue weighted by atomic mass is 16.3. The summed E-state index contributed by atoms with van der Waals surface area (Å²) in [6, 6.07) is 0. The fraction of sp³-hybridized carbons (Fsp3) is 0.833. The van der Waals surface area contributed by atoms with Gasteiger partial charge in [-0.15, -0.1) is 0 Å². The normalized spacial score (nSPS) is 19.4.